The molecule has 0 fully saturated rings. The topological polar surface area (TPSA) is 99.7 Å². The van der Waals surface area contributed by atoms with Crippen LogP contribution < -0.4 is 20.7 Å². The number of hydrogen-bond donors (Lipinski definition) is 4. The van der Waals surface area contributed by atoms with E-state index in [1.54, 1.807) is 0 Å². The van der Waals surface area contributed by atoms with Crippen molar-refractivity contribution < 1.29 is 19.4 Å². The monoisotopic (exact) mass is 369 g/mol. The molecule has 0 saturated carbocycles. The number of nitrogens with one attached hydrogen (secondary N) is 3. The summed E-state index contributed by atoms with van der Waals surface area (Å²) in [4.78, 5) is 23.7. The van der Waals surface area contributed by atoms with Crippen molar-refractivity contribution in [1.82, 2.24) is 10.6 Å². The van der Waals surface area contributed by atoms with Crippen molar-refractivity contribution in [2.45, 2.75) is 19.1 Å². The zero-order valence-corrected chi connectivity index (χ0v) is 14.9. The maximum atomic E-state index is 11.9. The van der Waals surface area contributed by atoms with Crippen LogP contribution in [0.2, 0.25) is 0 Å². The Kier molecular flexibility index (Phi) is 6.27. The molecule has 1 aliphatic rings. The fourth-order valence-corrected chi connectivity index (χ4v) is 2.80. The average molecular weight is 369 g/mol. The summed E-state index contributed by atoms with van der Waals surface area (Å²) in [6, 6.07) is 15.3. The van der Waals surface area contributed by atoms with Crippen molar-refractivity contribution in [3.8, 4) is 5.75 Å². The quantitative estimate of drug-likeness (QED) is 0.565. The summed E-state index contributed by atoms with van der Waals surface area (Å²) in [5.74, 6) is -0.595. The highest BCUT2D eigenvalue weighted by Crippen LogP contribution is 2.29. The molecule has 4 N–H and O–H groups in total. The van der Waals surface area contributed by atoms with Crippen LogP contribution in [-0.2, 0) is 22.4 Å². The number of ether oxygens (including phenoxy) is 1. The average Bonchev–Trinajstić information content (AvgIpc) is 2.68. The second-order valence-corrected chi connectivity index (χ2v) is 6.30. The molecule has 2 aromatic rings. The van der Waals surface area contributed by atoms with E-state index in [0.717, 1.165) is 16.8 Å². The summed E-state index contributed by atoms with van der Waals surface area (Å²) in [5.41, 5.74) is 2.81. The van der Waals surface area contributed by atoms with Gasteiger partial charge in [0.1, 0.15) is 12.4 Å². The molecule has 2 aromatic carbocycles. The minimum absolute atomic E-state index is 0.191. The van der Waals surface area contributed by atoms with Gasteiger partial charge < -0.3 is 25.8 Å². The molecule has 1 atom stereocenters. The minimum Gasteiger partial charge on any atom is -0.487 e. The van der Waals surface area contributed by atoms with Crippen molar-refractivity contribution in [2.75, 3.05) is 25.0 Å². The Balaban J connectivity index is 1.38. The number of rotatable bonds is 6. The van der Waals surface area contributed by atoms with Gasteiger partial charge in [0.2, 0.25) is 0 Å². The molecule has 0 saturated heterocycles. The van der Waals surface area contributed by atoms with Gasteiger partial charge in [-0.1, -0.05) is 36.4 Å². The van der Waals surface area contributed by atoms with Crippen LogP contribution in [0, 0.1) is 0 Å². The van der Waals surface area contributed by atoms with Gasteiger partial charge in [-0.05, 0) is 36.1 Å². The number of fused-ring (bicyclic) bond motifs is 1. The molecule has 0 unspecified atom stereocenters. The molecule has 0 bridgehead atoms. The molecular formula is C20H23N3O4. The van der Waals surface area contributed by atoms with Crippen LogP contribution in [0.5, 0.6) is 5.75 Å². The van der Waals surface area contributed by atoms with E-state index >= 15 is 0 Å². The van der Waals surface area contributed by atoms with Crippen molar-refractivity contribution in [3.05, 3.63) is 59.7 Å². The summed E-state index contributed by atoms with van der Waals surface area (Å²) in [6.07, 6.45) is 0.544. The Morgan fingerprint density at radius 3 is 2.37 bits per heavy atom. The smallest absolute Gasteiger partial charge is 0.309 e. The van der Waals surface area contributed by atoms with Gasteiger partial charge in [-0.2, -0.15) is 0 Å². The maximum absolute atomic E-state index is 11.9. The number of benzene rings is 2. The van der Waals surface area contributed by atoms with E-state index in [9.17, 15) is 14.7 Å². The third kappa shape index (κ3) is 5.46. The van der Waals surface area contributed by atoms with E-state index < -0.39 is 18.0 Å². The zero-order valence-electron chi connectivity index (χ0n) is 14.9. The molecule has 0 radical (unpaired) electrons. The lowest BCUT2D eigenvalue weighted by molar-refractivity contribution is -0.139. The Morgan fingerprint density at radius 1 is 1.00 bits per heavy atom. The Labute approximate surface area is 157 Å². The molecule has 1 aliphatic heterocycles. The number of carbonyl (C=O) groups excluding carboxylic acids is 2. The maximum Gasteiger partial charge on any atom is 0.309 e. The number of hydrogen-bond acceptors (Lipinski definition) is 5. The molecule has 27 heavy (non-hydrogen) atoms. The molecular weight excluding hydrogens is 346 g/mol. The highest BCUT2D eigenvalue weighted by Gasteiger charge is 2.17. The van der Waals surface area contributed by atoms with Crippen LogP contribution >= 0.6 is 0 Å². The first-order chi connectivity index (χ1) is 13.1. The van der Waals surface area contributed by atoms with Gasteiger partial charge in [0.05, 0.1) is 5.69 Å². The highest BCUT2D eigenvalue weighted by molar-refractivity contribution is 6.35. The number of aliphatic hydroxyl groups excluding tert-OH is 1. The van der Waals surface area contributed by atoms with Gasteiger partial charge in [0.25, 0.3) is 0 Å². The summed E-state index contributed by atoms with van der Waals surface area (Å²) < 4.78 is 5.46. The van der Waals surface area contributed by atoms with Gasteiger partial charge >= 0.3 is 11.8 Å². The van der Waals surface area contributed by atoms with Gasteiger partial charge in [0.15, 0.2) is 6.23 Å². The van der Waals surface area contributed by atoms with Crippen LogP contribution in [-0.4, -0.2) is 42.8 Å². The first-order valence-electron chi connectivity index (χ1n) is 8.92. The van der Waals surface area contributed by atoms with E-state index in [0.29, 0.717) is 31.7 Å². The van der Waals surface area contributed by atoms with E-state index in [4.69, 9.17) is 4.74 Å². The molecule has 0 aromatic heterocycles. The molecule has 0 aliphatic carbocycles. The molecule has 3 rings (SSSR count). The third-order valence-electron chi connectivity index (χ3n) is 4.21. The standard InChI is InChI=1S/C20H23N3O4/c24-18-13-27-17-12-15(6-7-16(17)23-18)9-11-22-20(26)19(25)21-10-8-14-4-2-1-3-5-14/h1-7,12,18,23-24H,8-11,13H2,(H,21,25)(H,22,26)/t18-/m1/s1. The second-order valence-electron chi connectivity index (χ2n) is 6.30. The van der Waals surface area contributed by atoms with Crippen LogP contribution in [0.1, 0.15) is 11.1 Å². The Hall–Kier alpha value is -3.06. The SMILES string of the molecule is O=C(NCCc1ccccc1)C(=O)NCCc1ccc2c(c1)OC[C@@H](O)N2. The fraction of sp³-hybridized carbons (Fsp3) is 0.300. The van der Waals surface area contributed by atoms with Gasteiger partial charge in [-0.25, -0.2) is 0 Å². The van der Waals surface area contributed by atoms with E-state index in [1.807, 2.05) is 48.5 Å². The normalized spacial score (nSPS) is 15.1. The zero-order chi connectivity index (χ0) is 19.1. The van der Waals surface area contributed by atoms with Gasteiger partial charge in [0, 0.05) is 13.1 Å². The first-order valence-corrected chi connectivity index (χ1v) is 8.92. The molecule has 7 heteroatoms. The van der Waals surface area contributed by atoms with Crippen molar-refractivity contribution in [3.63, 3.8) is 0 Å². The lowest BCUT2D eigenvalue weighted by atomic mass is 10.1. The fourth-order valence-electron chi connectivity index (χ4n) is 2.80. The van der Waals surface area contributed by atoms with Crippen molar-refractivity contribution >= 4 is 17.5 Å². The number of carbonyl (C=O) groups is 2. The van der Waals surface area contributed by atoms with Crippen LogP contribution in [0.25, 0.3) is 0 Å². The van der Waals surface area contributed by atoms with E-state index in [-0.39, 0.29) is 6.61 Å². The number of amides is 2. The minimum atomic E-state index is -0.706. The van der Waals surface area contributed by atoms with Crippen molar-refractivity contribution in [1.29, 1.82) is 0 Å². The highest BCUT2D eigenvalue weighted by atomic mass is 16.5. The predicted octanol–water partition coefficient (Wildman–Crippen LogP) is 0.827. The Morgan fingerprint density at radius 2 is 1.67 bits per heavy atom. The van der Waals surface area contributed by atoms with Crippen LogP contribution in [0.4, 0.5) is 5.69 Å². The van der Waals surface area contributed by atoms with Gasteiger partial charge in [-0.15, -0.1) is 0 Å². The third-order valence-corrected chi connectivity index (χ3v) is 4.21. The van der Waals surface area contributed by atoms with Crippen LogP contribution in [0.3, 0.4) is 0 Å². The number of aliphatic hydroxyl groups is 1. The molecule has 2 amide bonds. The molecule has 7 nitrogen and oxygen atoms in total. The van der Waals surface area contributed by atoms with Crippen LogP contribution in [0.15, 0.2) is 48.5 Å². The summed E-state index contributed by atoms with van der Waals surface area (Å²) in [5, 5.41) is 17.6. The summed E-state index contributed by atoms with van der Waals surface area (Å²) in [6.45, 7) is 0.952. The van der Waals surface area contributed by atoms with Gasteiger partial charge in [-0.3, -0.25) is 9.59 Å². The largest absolute Gasteiger partial charge is 0.487 e. The van der Waals surface area contributed by atoms with E-state index in [2.05, 4.69) is 16.0 Å². The summed E-state index contributed by atoms with van der Waals surface area (Å²) in [7, 11) is 0. The predicted molar refractivity (Wildman–Crippen MR) is 101 cm³/mol. The Bertz CT molecular complexity index is 795. The number of anilines is 1. The first kappa shape index (κ1) is 18.7. The van der Waals surface area contributed by atoms with E-state index in [1.165, 1.54) is 0 Å². The lowest BCUT2D eigenvalue weighted by Crippen LogP contribution is -2.41. The molecule has 1 heterocycles. The second kappa shape index (κ2) is 9.05. The summed E-state index contributed by atoms with van der Waals surface area (Å²) >= 11 is 0. The molecule has 0 spiro atoms. The lowest BCUT2D eigenvalue weighted by Gasteiger charge is -2.24. The van der Waals surface area contributed by atoms with Crippen molar-refractivity contribution in [2.24, 2.45) is 0 Å². The molecule has 142 valence electrons.